The fraction of sp³-hybridized carbons (Fsp3) is 0.500. The fourth-order valence-corrected chi connectivity index (χ4v) is 1.25. The zero-order valence-corrected chi connectivity index (χ0v) is 9.25. The summed E-state index contributed by atoms with van der Waals surface area (Å²) in [6.07, 6.45) is -3.82. The van der Waals surface area contributed by atoms with E-state index in [1.807, 2.05) is 13.8 Å². The number of halogens is 3. The van der Waals surface area contributed by atoms with Crippen molar-refractivity contribution in [3.8, 4) is 0 Å². The van der Waals surface area contributed by atoms with Crippen molar-refractivity contribution in [2.75, 3.05) is 0 Å². The molecule has 0 bridgehead atoms. The third kappa shape index (κ3) is 3.40. The van der Waals surface area contributed by atoms with Crippen LogP contribution in [0.3, 0.4) is 0 Å². The van der Waals surface area contributed by atoms with E-state index in [1.54, 1.807) is 0 Å². The smallest absolute Gasteiger partial charge is 0.434 e. The molecule has 0 saturated heterocycles. The highest BCUT2D eigenvalue weighted by atomic mass is 19.4. The first kappa shape index (κ1) is 13.4. The second-order valence-electron chi connectivity index (χ2n) is 3.95. The molecule has 4 nitrogen and oxygen atoms in total. The van der Waals surface area contributed by atoms with E-state index < -0.39 is 23.4 Å². The first-order chi connectivity index (χ1) is 7.71. The molecule has 0 spiro atoms. The minimum Gasteiger partial charge on any atom is -0.478 e. The molecule has 1 heterocycles. The third-order valence-electron chi connectivity index (χ3n) is 1.93. The Morgan fingerprint density at radius 3 is 2.47 bits per heavy atom. The van der Waals surface area contributed by atoms with Crippen LogP contribution < -0.4 is 0 Å². The summed E-state index contributed by atoms with van der Waals surface area (Å²) in [6.45, 7) is 3.61. The van der Waals surface area contributed by atoms with Crippen molar-refractivity contribution in [2.45, 2.75) is 26.4 Å². The number of hydrogen-bond acceptors (Lipinski definition) is 3. The normalized spacial score (nSPS) is 11.9. The Labute approximate surface area is 95.5 Å². The van der Waals surface area contributed by atoms with E-state index in [1.165, 1.54) is 0 Å². The van der Waals surface area contributed by atoms with Crippen molar-refractivity contribution in [3.05, 3.63) is 23.3 Å². The maximum atomic E-state index is 12.6. The quantitative estimate of drug-likeness (QED) is 0.892. The van der Waals surface area contributed by atoms with Crippen LogP contribution in [0.4, 0.5) is 13.2 Å². The van der Waals surface area contributed by atoms with Crippen molar-refractivity contribution in [3.63, 3.8) is 0 Å². The summed E-state index contributed by atoms with van der Waals surface area (Å²) in [7, 11) is 0. The molecule has 0 aromatic carbocycles. The SMILES string of the molecule is CC(C)Cc1ncc(C(=O)O)c(C(F)(F)F)n1. The van der Waals surface area contributed by atoms with Gasteiger partial charge in [-0.2, -0.15) is 13.2 Å². The average Bonchev–Trinajstić information content (AvgIpc) is 2.14. The standard InChI is InChI=1S/C10H11F3N2O2/c1-5(2)3-7-14-4-6(9(16)17)8(15-7)10(11,12)13/h4-5H,3H2,1-2H3,(H,16,17). The number of alkyl halides is 3. The van der Waals surface area contributed by atoms with Gasteiger partial charge in [0.1, 0.15) is 11.4 Å². The van der Waals surface area contributed by atoms with Gasteiger partial charge in [0.15, 0.2) is 5.69 Å². The highest BCUT2D eigenvalue weighted by molar-refractivity contribution is 5.88. The molecular weight excluding hydrogens is 237 g/mol. The number of carboxylic acid groups (broad SMARTS) is 1. The van der Waals surface area contributed by atoms with Crippen molar-refractivity contribution < 1.29 is 23.1 Å². The summed E-state index contributed by atoms with van der Waals surface area (Å²) in [5.41, 5.74) is -2.32. The Kier molecular flexibility index (Phi) is 3.69. The van der Waals surface area contributed by atoms with Crippen LogP contribution in [-0.4, -0.2) is 21.0 Å². The Morgan fingerprint density at radius 2 is 2.06 bits per heavy atom. The number of carbonyl (C=O) groups is 1. The van der Waals surface area contributed by atoms with Gasteiger partial charge in [-0.3, -0.25) is 0 Å². The molecule has 0 atom stereocenters. The van der Waals surface area contributed by atoms with E-state index in [0.29, 0.717) is 6.20 Å². The average molecular weight is 248 g/mol. The van der Waals surface area contributed by atoms with Crippen molar-refractivity contribution in [1.82, 2.24) is 9.97 Å². The van der Waals surface area contributed by atoms with E-state index in [4.69, 9.17) is 5.11 Å². The van der Waals surface area contributed by atoms with Gasteiger partial charge < -0.3 is 5.11 Å². The van der Waals surface area contributed by atoms with Crippen molar-refractivity contribution in [1.29, 1.82) is 0 Å². The Hall–Kier alpha value is -1.66. The fourth-order valence-electron chi connectivity index (χ4n) is 1.25. The molecular formula is C10H11F3N2O2. The van der Waals surface area contributed by atoms with Gasteiger partial charge in [-0.15, -0.1) is 0 Å². The molecule has 0 aliphatic heterocycles. The zero-order valence-electron chi connectivity index (χ0n) is 9.25. The van der Waals surface area contributed by atoms with Crippen LogP contribution in [0.1, 0.15) is 35.7 Å². The van der Waals surface area contributed by atoms with Gasteiger partial charge in [-0.05, 0) is 5.92 Å². The number of hydrogen-bond donors (Lipinski definition) is 1. The van der Waals surface area contributed by atoms with Crippen LogP contribution in [0.5, 0.6) is 0 Å². The summed E-state index contributed by atoms with van der Waals surface area (Å²) in [4.78, 5) is 17.5. The molecule has 0 aliphatic carbocycles. The third-order valence-corrected chi connectivity index (χ3v) is 1.93. The largest absolute Gasteiger partial charge is 0.478 e. The van der Waals surface area contributed by atoms with Crippen LogP contribution in [-0.2, 0) is 12.6 Å². The van der Waals surface area contributed by atoms with Gasteiger partial charge in [0.05, 0.1) is 0 Å². The molecule has 7 heteroatoms. The first-order valence-electron chi connectivity index (χ1n) is 4.88. The van der Waals surface area contributed by atoms with Gasteiger partial charge in [0, 0.05) is 12.6 Å². The molecule has 0 unspecified atom stereocenters. The molecule has 1 aromatic heterocycles. The number of aromatic nitrogens is 2. The molecule has 0 radical (unpaired) electrons. The van der Waals surface area contributed by atoms with Crippen molar-refractivity contribution >= 4 is 5.97 Å². The first-order valence-corrected chi connectivity index (χ1v) is 4.88. The van der Waals surface area contributed by atoms with Crippen LogP contribution in [0.2, 0.25) is 0 Å². The second kappa shape index (κ2) is 4.68. The van der Waals surface area contributed by atoms with E-state index in [0.717, 1.165) is 0 Å². The lowest BCUT2D eigenvalue weighted by molar-refractivity contribution is -0.141. The van der Waals surface area contributed by atoms with E-state index in [9.17, 15) is 18.0 Å². The Balaban J connectivity index is 3.25. The zero-order chi connectivity index (χ0) is 13.2. The van der Waals surface area contributed by atoms with Gasteiger partial charge >= 0.3 is 12.1 Å². The summed E-state index contributed by atoms with van der Waals surface area (Å²) < 4.78 is 37.7. The maximum Gasteiger partial charge on any atom is 0.434 e. The van der Waals surface area contributed by atoms with Crippen molar-refractivity contribution in [2.24, 2.45) is 5.92 Å². The molecule has 1 aromatic rings. The number of carboxylic acids is 1. The Bertz CT molecular complexity index is 430. The summed E-state index contributed by atoms with van der Waals surface area (Å²) >= 11 is 0. The monoisotopic (exact) mass is 248 g/mol. The molecule has 0 amide bonds. The van der Waals surface area contributed by atoms with Crippen LogP contribution in [0.15, 0.2) is 6.20 Å². The highest BCUT2D eigenvalue weighted by Gasteiger charge is 2.38. The summed E-state index contributed by atoms with van der Waals surface area (Å²) in [5, 5.41) is 8.62. The predicted octanol–water partition coefficient (Wildman–Crippen LogP) is 2.39. The van der Waals surface area contributed by atoms with E-state index in [2.05, 4.69) is 9.97 Å². The van der Waals surface area contributed by atoms with Gasteiger partial charge in [-0.25, -0.2) is 14.8 Å². The van der Waals surface area contributed by atoms with Crippen LogP contribution in [0, 0.1) is 5.92 Å². The molecule has 17 heavy (non-hydrogen) atoms. The number of nitrogens with zero attached hydrogens (tertiary/aromatic N) is 2. The molecule has 0 fully saturated rings. The highest BCUT2D eigenvalue weighted by Crippen LogP contribution is 2.30. The Morgan fingerprint density at radius 1 is 1.47 bits per heavy atom. The maximum absolute atomic E-state index is 12.6. The topological polar surface area (TPSA) is 63.1 Å². The van der Waals surface area contributed by atoms with Crippen LogP contribution in [0.25, 0.3) is 0 Å². The predicted molar refractivity (Wildman–Crippen MR) is 52.5 cm³/mol. The van der Waals surface area contributed by atoms with Gasteiger partial charge in [0.2, 0.25) is 0 Å². The van der Waals surface area contributed by atoms with Gasteiger partial charge in [-0.1, -0.05) is 13.8 Å². The van der Waals surface area contributed by atoms with Gasteiger partial charge in [0.25, 0.3) is 0 Å². The minimum absolute atomic E-state index is 0.00248. The van der Waals surface area contributed by atoms with E-state index >= 15 is 0 Å². The molecule has 0 saturated carbocycles. The summed E-state index contributed by atoms with van der Waals surface area (Å²) in [5.74, 6) is -1.60. The van der Waals surface area contributed by atoms with E-state index in [-0.39, 0.29) is 18.2 Å². The second-order valence-corrected chi connectivity index (χ2v) is 3.95. The lowest BCUT2D eigenvalue weighted by Gasteiger charge is -2.11. The molecule has 0 aliphatic rings. The van der Waals surface area contributed by atoms with Crippen LogP contribution >= 0.6 is 0 Å². The summed E-state index contributed by atoms with van der Waals surface area (Å²) in [6, 6.07) is 0. The minimum atomic E-state index is -4.79. The lowest BCUT2D eigenvalue weighted by Crippen LogP contribution is -2.18. The lowest BCUT2D eigenvalue weighted by atomic mass is 10.1. The number of aromatic carboxylic acids is 1. The number of rotatable bonds is 3. The molecule has 1 rings (SSSR count). The molecule has 1 N–H and O–H groups in total. The molecule has 94 valence electrons.